The molecule has 2 N–H and O–H groups in total. The summed E-state index contributed by atoms with van der Waals surface area (Å²) in [5, 5.41) is 6.75. The number of furan rings is 1. The Morgan fingerprint density at radius 1 is 1.32 bits per heavy atom. The number of hydrogen-bond donors (Lipinski definition) is 2. The molecule has 0 bridgehead atoms. The van der Waals surface area contributed by atoms with Crippen molar-refractivity contribution in [3.63, 3.8) is 0 Å². The van der Waals surface area contributed by atoms with Gasteiger partial charge in [0.05, 0.1) is 6.26 Å². The molecule has 1 aliphatic rings. The summed E-state index contributed by atoms with van der Waals surface area (Å²) in [6.07, 6.45) is 6.70. The van der Waals surface area contributed by atoms with Crippen LogP contribution >= 0.6 is 0 Å². The SMILES string of the molecule is CN=C(NCCc1ccco1)NCC(C)CN1CCCCC1. The summed E-state index contributed by atoms with van der Waals surface area (Å²) in [5.41, 5.74) is 0. The monoisotopic (exact) mass is 306 g/mol. The van der Waals surface area contributed by atoms with Gasteiger partial charge in [0.25, 0.3) is 0 Å². The molecule has 0 spiro atoms. The summed E-state index contributed by atoms with van der Waals surface area (Å²) in [6.45, 7) is 7.79. The molecule has 22 heavy (non-hydrogen) atoms. The summed E-state index contributed by atoms with van der Waals surface area (Å²) < 4.78 is 5.33. The molecule has 0 radical (unpaired) electrons. The largest absolute Gasteiger partial charge is 0.469 e. The molecule has 2 rings (SSSR count). The zero-order valence-corrected chi connectivity index (χ0v) is 14.0. The van der Waals surface area contributed by atoms with Crippen molar-refractivity contribution in [3.8, 4) is 0 Å². The average molecular weight is 306 g/mol. The normalized spacial score (nSPS) is 18.2. The van der Waals surface area contributed by atoms with Crippen molar-refractivity contribution < 1.29 is 4.42 Å². The van der Waals surface area contributed by atoms with E-state index in [0.29, 0.717) is 5.92 Å². The molecular weight excluding hydrogens is 276 g/mol. The summed E-state index contributed by atoms with van der Waals surface area (Å²) >= 11 is 0. The maximum atomic E-state index is 5.33. The van der Waals surface area contributed by atoms with E-state index in [-0.39, 0.29) is 0 Å². The van der Waals surface area contributed by atoms with Gasteiger partial charge in [-0.25, -0.2) is 0 Å². The van der Waals surface area contributed by atoms with Gasteiger partial charge in [0.15, 0.2) is 5.96 Å². The highest BCUT2D eigenvalue weighted by atomic mass is 16.3. The minimum atomic E-state index is 0.627. The lowest BCUT2D eigenvalue weighted by Gasteiger charge is -2.29. The smallest absolute Gasteiger partial charge is 0.191 e. The Labute approximate surface area is 134 Å². The lowest BCUT2D eigenvalue weighted by molar-refractivity contribution is 0.201. The Morgan fingerprint density at radius 2 is 2.14 bits per heavy atom. The van der Waals surface area contributed by atoms with Crippen LogP contribution in [0.4, 0.5) is 0 Å². The number of nitrogens with zero attached hydrogens (tertiary/aromatic N) is 2. The Bertz CT molecular complexity index is 424. The molecule has 0 aromatic carbocycles. The molecule has 2 heterocycles. The number of aliphatic imine (C=N–C) groups is 1. The van der Waals surface area contributed by atoms with E-state index in [1.165, 1.54) is 38.9 Å². The molecule has 1 aliphatic heterocycles. The molecule has 0 saturated carbocycles. The van der Waals surface area contributed by atoms with E-state index in [1.807, 2.05) is 19.2 Å². The van der Waals surface area contributed by atoms with Gasteiger partial charge in [-0.05, 0) is 44.0 Å². The molecule has 1 atom stereocenters. The van der Waals surface area contributed by atoms with Gasteiger partial charge in [-0.2, -0.15) is 0 Å². The molecule has 0 aliphatic carbocycles. The molecule has 1 unspecified atom stereocenters. The fourth-order valence-corrected chi connectivity index (χ4v) is 2.90. The van der Waals surface area contributed by atoms with Crippen LogP contribution in [0, 0.1) is 5.92 Å². The average Bonchev–Trinajstić information content (AvgIpc) is 3.05. The summed E-state index contributed by atoms with van der Waals surface area (Å²) in [5.74, 6) is 2.50. The fraction of sp³-hybridized carbons (Fsp3) is 0.706. The zero-order chi connectivity index (χ0) is 15.6. The Hall–Kier alpha value is -1.49. The van der Waals surface area contributed by atoms with E-state index in [2.05, 4.69) is 27.4 Å². The molecule has 1 aromatic rings. The minimum Gasteiger partial charge on any atom is -0.469 e. The van der Waals surface area contributed by atoms with Crippen LogP contribution in [0.2, 0.25) is 0 Å². The van der Waals surface area contributed by atoms with Crippen LogP contribution in [-0.2, 0) is 6.42 Å². The van der Waals surface area contributed by atoms with Crippen LogP contribution in [-0.4, -0.2) is 50.6 Å². The van der Waals surface area contributed by atoms with Crippen LogP contribution in [0.3, 0.4) is 0 Å². The second-order valence-corrected chi connectivity index (χ2v) is 6.18. The van der Waals surface area contributed by atoms with E-state index in [0.717, 1.165) is 31.2 Å². The fourth-order valence-electron chi connectivity index (χ4n) is 2.90. The molecule has 1 saturated heterocycles. The van der Waals surface area contributed by atoms with Crippen molar-refractivity contribution in [2.75, 3.05) is 39.8 Å². The molecule has 5 nitrogen and oxygen atoms in total. The second kappa shape index (κ2) is 9.51. The van der Waals surface area contributed by atoms with Crippen LogP contribution in [0.15, 0.2) is 27.8 Å². The van der Waals surface area contributed by atoms with Gasteiger partial charge in [0.1, 0.15) is 5.76 Å². The van der Waals surface area contributed by atoms with Gasteiger partial charge in [0, 0.05) is 33.1 Å². The van der Waals surface area contributed by atoms with Crippen LogP contribution in [0.5, 0.6) is 0 Å². The van der Waals surface area contributed by atoms with Gasteiger partial charge in [-0.15, -0.1) is 0 Å². The Kier molecular flexibility index (Phi) is 7.30. The van der Waals surface area contributed by atoms with E-state index in [4.69, 9.17) is 4.42 Å². The topological polar surface area (TPSA) is 52.8 Å². The number of piperidine rings is 1. The maximum Gasteiger partial charge on any atom is 0.191 e. The van der Waals surface area contributed by atoms with Crippen LogP contribution in [0.1, 0.15) is 31.9 Å². The number of nitrogens with one attached hydrogen (secondary N) is 2. The first kappa shape index (κ1) is 16.9. The number of guanidine groups is 1. The van der Waals surface area contributed by atoms with Crippen LogP contribution in [0.25, 0.3) is 0 Å². The van der Waals surface area contributed by atoms with E-state index >= 15 is 0 Å². The number of rotatable bonds is 7. The minimum absolute atomic E-state index is 0.627. The molecule has 5 heteroatoms. The highest BCUT2D eigenvalue weighted by Gasteiger charge is 2.13. The Balaban J connectivity index is 1.60. The van der Waals surface area contributed by atoms with Crippen molar-refractivity contribution in [1.82, 2.24) is 15.5 Å². The third-order valence-corrected chi connectivity index (χ3v) is 4.10. The molecule has 1 aromatic heterocycles. The van der Waals surface area contributed by atoms with Gasteiger partial charge in [0.2, 0.25) is 0 Å². The predicted octanol–water partition coefficient (Wildman–Crippen LogP) is 2.11. The highest BCUT2D eigenvalue weighted by Crippen LogP contribution is 2.10. The van der Waals surface area contributed by atoms with E-state index in [1.54, 1.807) is 6.26 Å². The zero-order valence-electron chi connectivity index (χ0n) is 14.0. The molecule has 1 fully saturated rings. The maximum absolute atomic E-state index is 5.33. The first-order valence-corrected chi connectivity index (χ1v) is 8.47. The first-order valence-electron chi connectivity index (χ1n) is 8.47. The van der Waals surface area contributed by atoms with Crippen molar-refractivity contribution in [2.24, 2.45) is 10.9 Å². The highest BCUT2D eigenvalue weighted by molar-refractivity contribution is 5.79. The van der Waals surface area contributed by atoms with Crippen molar-refractivity contribution in [3.05, 3.63) is 24.2 Å². The summed E-state index contributed by atoms with van der Waals surface area (Å²) in [7, 11) is 1.82. The quantitative estimate of drug-likeness (QED) is 0.598. The third-order valence-electron chi connectivity index (χ3n) is 4.10. The Morgan fingerprint density at radius 3 is 2.82 bits per heavy atom. The van der Waals surface area contributed by atoms with Crippen molar-refractivity contribution in [2.45, 2.75) is 32.6 Å². The van der Waals surface area contributed by atoms with E-state index < -0.39 is 0 Å². The van der Waals surface area contributed by atoms with Gasteiger partial charge < -0.3 is 20.0 Å². The first-order chi connectivity index (χ1) is 10.8. The standard InChI is InChI=1S/C17H30N4O/c1-15(14-21-10-4-3-5-11-21)13-20-17(18-2)19-9-8-16-7-6-12-22-16/h6-7,12,15H,3-5,8-11,13-14H2,1-2H3,(H2,18,19,20). The predicted molar refractivity (Wildman–Crippen MR) is 91.2 cm³/mol. The summed E-state index contributed by atoms with van der Waals surface area (Å²) in [6, 6.07) is 3.92. The number of hydrogen-bond acceptors (Lipinski definition) is 3. The lowest BCUT2D eigenvalue weighted by Crippen LogP contribution is -2.42. The summed E-state index contributed by atoms with van der Waals surface area (Å²) in [4.78, 5) is 6.86. The van der Waals surface area contributed by atoms with Gasteiger partial charge >= 0.3 is 0 Å². The lowest BCUT2D eigenvalue weighted by atomic mass is 10.1. The third kappa shape index (κ3) is 6.10. The van der Waals surface area contributed by atoms with Crippen molar-refractivity contribution >= 4 is 5.96 Å². The number of likely N-dealkylation sites (tertiary alicyclic amines) is 1. The van der Waals surface area contributed by atoms with Gasteiger partial charge in [-0.3, -0.25) is 4.99 Å². The molecule has 0 amide bonds. The molecular formula is C17H30N4O. The van der Waals surface area contributed by atoms with Crippen LogP contribution < -0.4 is 10.6 Å². The molecule has 124 valence electrons. The van der Waals surface area contributed by atoms with E-state index in [9.17, 15) is 0 Å². The van der Waals surface area contributed by atoms with Crippen molar-refractivity contribution in [1.29, 1.82) is 0 Å². The second-order valence-electron chi connectivity index (χ2n) is 6.18. The van der Waals surface area contributed by atoms with Gasteiger partial charge in [-0.1, -0.05) is 13.3 Å².